The predicted octanol–water partition coefficient (Wildman–Crippen LogP) is 6.20. The number of hydrogen-bond donors (Lipinski definition) is 2. The van der Waals surface area contributed by atoms with E-state index in [9.17, 15) is 9.59 Å². The van der Waals surface area contributed by atoms with Crippen LogP contribution in [0.15, 0.2) is 66.7 Å². The van der Waals surface area contributed by atoms with Crippen molar-refractivity contribution in [2.45, 2.75) is 26.2 Å². The monoisotopic (exact) mass is 426 g/mol. The molecule has 3 aromatic carbocycles. The summed E-state index contributed by atoms with van der Waals surface area (Å²) in [5.74, 6) is -0.367. The van der Waals surface area contributed by atoms with Crippen molar-refractivity contribution in [3.63, 3.8) is 0 Å². The second kappa shape index (κ2) is 8.00. The summed E-state index contributed by atoms with van der Waals surface area (Å²) < 4.78 is 0. The molecule has 2 amide bonds. The molecule has 1 aromatic heterocycles. The van der Waals surface area contributed by atoms with Crippen LogP contribution in [0.4, 0.5) is 10.7 Å². The van der Waals surface area contributed by atoms with Crippen molar-refractivity contribution in [3.8, 4) is 0 Å². The standard InChI is InChI=1S/C26H22N2O2S/c1-16-12-14-18(15-13-16)24(29)28-26-23(20-9-5-11-22(20)31-26)25(30)27-21-10-4-7-17-6-2-3-8-19(17)21/h2-4,6-8,10,12-15H,5,9,11H2,1H3,(H,27,30)(H,28,29). The van der Waals surface area contributed by atoms with Gasteiger partial charge in [-0.05, 0) is 55.3 Å². The van der Waals surface area contributed by atoms with Crippen LogP contribution < -0.4 is 10.6 Å². The third-order valence-corrected chi connectivity index (χ3v) is 6.93. The maximum Gasteiger partial charge on any atom is 0.258 e. The van der Waals surface area contributed by atoms with Gasteiger partial charge in [-0.1, -0.05) is 54.1 Å². The second-order valence-corrected chi connectivity index (χ2v) is 8.97. The molecule has 0 saturated heterocycles. The number of aryl methyl sites for hydroxylation is 2. The summed E-state index contributed by atoms with van der Waals surface area (Å²) in [7, 11) is 0. The largest absolute Gasteiger partial charge is 0.321 e. The van der Waals surface area contributed by atoms with Crippen LogP contribution in [-0.2, 0) is 12.8 Å². The van der Waals surface area contributed by atoms with Crippen molar-refractivity contribution in [1.82, 2.24) is 0 Å². The summed E-state index contributed by atoms with van der Waals surface area (Å²) in [5.41, 5.74) is 4.13. The lowest BCUT2D eigenvalue weighted by atomic mass is 10.1. The summed E-state index contributed by atoms with van der Waals surface area (Å²) >= 11 is 1.52. The Labute approximate surface area is 184 Å². The van der Waals surface area contributed by atoms with Gasteiger partial charge in [0.2, 0.25) is 0 Å². The molecule has 0 spiro atoms. The molecule has 4 aromatic rings. The number of thiophene rings is 1. The second-order valence-electron chi connectivity index (χ2n) is 7.86. The van der Waals surface area contributed by atoms with Gasteiger partial charge >= 0.3 is 0 Å². The van der Waals surface area contributed by atoms with Crippen LogP contribution in [0.25, 0.3) is 10.8 Å². The molecule has 31 heavy (non-hydrogen) atoms. The zero-order valence-electron chi connectivity index (χ0n) is 17.2. The first-order chi connectivity index (χ1) is 15.1. The molecule has 5 rings (SSSR count). The number of carbonyl (C=O) groups is 2. The van der Waals surface area contributed by atoms with Crippen molar-refractivity contribution in [1.29, 1.82) is 0 Å². The van der Waals surface area contributed by atoms with Gasteiger partial charge in [0, 0.05) is 21.5 Å². The topological polar surface area (TPSA) is 58.2 Å². The maximum absolute atomic E-state index is 13.4. The van der Waals surface area contributed by atoms with Gasteiger partial charge in [-0.2, -0.15) is 0 Å². The van der Waals surface area contributed by atoms with Crippen LogP contribution in [0.2, 0.25) is 0 Å². The molecule has 0 saturated carbocycles. The predicted molar refractivity (Wildman–Crippen MR) is 127 cm³/mol. The Hall–Kier alpha value is -3.44. The molecular formula is C26H22N2O2S. The van der Waals surface area contributed by atoms with Crippen LogP contribution in [0.1, 0.15) is 43.1 Å². The Morgan fingerprint density at radius 2 is 1.61 bits per heavy atom. The van der Waals surface area contributed by atoms with Crippen LogP contribution in [-0.4, -0.2) is 11.8 Å². The third kappa shape index (κ3) is 3.73. The smallest absolute Gasteiger partial charge is 0.258 e. The first-order valence-electron chi connectivity index (χ1n) is 10.4. The van der Waals surface area contributed by atoms with Crippen LogP contribution >= 0.6 is 11.3 Å². The maximum atomic E-state index is 13.4. The molecule has 2 N–H and O–H groups in total. The van der Waals surface area contributed by atoms with Gasteiger partial charge in [0.25, 0.3) is 11.8 Å². The lowest BCUT2D eigenvalue weighted by molar-refractivity contribution is 0.102. The van der Waals surface area contributed by atoms with Crippen molar-refractivity contribution in [3.05, 3.63) is 93.9 Å². The quantitative estimate of drug-likeness (QED) is 0.408. The Morgan fingerprint density at radius 3 is 2.45 bits per heavy atom. The highest BCUT2D eigenvalue weighted by Crippen LogP contribution is 2.40. The minimum absolute atomic E-state index is 0.171. The van der Waals surface area contributed by atoms with Gasteiger partial charge in [0.15, 0.2) is 0 Å². The Morgan fingerprint density at radius 1 is 0.839 bits per heavy atom. The average Bonchev–Trinajstić information content (AvgIpc) is 3.35. The lowest BCUT2D eigenvalue weighted by Crippen LogP contribution is -2.18. The van der Waals surface area contributed by atoms with E-state index in [1.165, 1.54) is 16.2 Å². The number of fused-ring (bicyclic) bond motifs is 2. The zero-order chi connectivity index (χ0) is 21.4. The minimum atomic E-state index is -0.195. The van der Waals surface area contributed by atoms with Crippen molar-refractivity contribution >= 4 is 44.6 Å². The van der Waals surface area contributed by atoms with E-state index in [1.807, 2.05) is 73.7 Å². The van der Waals surface area contributed by atoms with Gasteiger partial charge in [0.05, 0.1) is 5.56 Å². The highest BCUT2D eigenvalue weighted by Gasteiger charge is 2.28. The Bertz CT molecular complexity index is 1300. The summed E-state index contributed by atoms with van der Waals surface area (Å²) in [6.45, 7) is 1.99. The van der Waals surface area contributed by atoms with Gasteiger partial charge in [-0.25, -0.2) is 0 Å². The first-order valence-corrected chi connectivity index (χ1v) is 11.2. The van der Waals surface area contributed by atoms with E-state index in [2.05, 4.69) is 10.6 Å². The number of amides is 2. The molecule has 0 aliphatic heterocycles. The Balaban J connectivity index is 1.47. The SMILES string of the molecule is Cc1ccc(C(=O)Nc2sc3c(c2C(=O)Nc2cccc4ccccc24)CCC3)cc1. The van der Waals surface area contributed by atoms with Gasteiger partial charge in [0.1, 0.15) is 5.00 Å². The molecule has 0 atom stereocenters. The van der Waals surface area contributed by atoms with Gasteiger partial charge < -0.3 is 10.6 Å². The van der Waals surface area contributed by atoms with Crippen LogP contribution in [0.3, 0.4) is 0 Å². The molecule has 1 aliphatic carbocycles. The van der Waals surface area contributed by atoms with E-state index in [-0.39, 0.29) is 11.8 Å². The van der Waals surface area contributed by atoms with Crippen molar-refractivity contribution in [2.75, 3.05) is 10.6 Å². The molecule has 1 aliphatic rings. The lowest BCUT2D eigenvalue weighted by Gasteiger charge is -2.11. The average molecular weight is 427 g/mol. The molecule has 0 fully saturated rings. The fourth-order valence-corrected chi connectivity index (χ4v) is 5.41. The highest BCUT2D eigenvalue weighted by molar-refractivity contribution is 7.17. The van der Waals surface area contributed by atoms with Crippen molar-refractivity contribution < 1.29 is 9.59 Å². The van der Waals surface area contributed by atoms with E-state index >= 15 is 0 Å². The molecule has 1 heterocycles. The number of hydrogen-bond acceptors (Lipinski definition) is 3. The summed E-state index contributed by atoms with van der Waals surface area (Å²) in [6.07, 6.45) is 2.86. The number of nitrogens with one attached hydrogen (secondary N) is 2. The normalized spacial score (nSPS) is 12.5. The molecule has 4 nitrogen and oxygen atoms in total. The number of anilines is 2. The summed E-state index contributed by atoms with van der Waals surface area (Å²) in [4.78, 5) is 27.4. The van der Waals surface area contributed by atoms with E-state index in [0.717, 1.165) is 46.8 Å². The zero-order valence-corrected chi connectivity index (χ0v) is 18.0. The number of rotatable bonds is 4. The fraction of sp³-hybridized carbons (Fsp3) is 0.154. The van der Waals surface area contributed by atoms with Crippen LogP contribution in [0.5, 0.6) is 0 Å². The molecule has 0 unspecified atom stereocenters. The molecular weight excluding hydrogens is 404 g/mol. The van der Waals surface area contributed by atoms with Gasteiger partial charge in [-0.15, -0.1) is 11.3 Å². The van der Waals surface area contributed by atoms with E-state index in [0.29, 0.717) is 16.1 Å². The number of carbonyl (C=O) groups excluding carboxylic acids is 2. The summed E-state index contributed by atoms with van der Waals surface area (Å²) in [6, 6.07) is 21.3. The van der Waals surface area contributed by atoms with Crippen molar-refractivity contribution in [2.24, 2.45) is 0 Å². The van der Waals surface area contributed by atoms with E-state index in [4.69, 9.17) is 0 Å². The van der Waals surface area contributed by atoms with E-state index in [1.54, 1.807) is 0 Å². The van der Waals surface area contributed by atoms with E-state index < -0.39 is 0 Å². The highest BCUT2D eigenvalue weighted by atomic mass is 32.1. The minimum Gasteiger partial charge on any atom is -0.321 e. The molecule has 0 radical (unpaired) electrons. The molecule has 154 valence electrons. The summed E-state index contributed by atoms with van der Waals surface area (Å²) in [5, 5.41) is 8.79. The molecule has 5 heteroatoms. The first kappa shape index (κ1) is 19.5. The van der Waals surface area contributed by atoms with Gasteiger partial charge in [-0.3, -0.25) is 9.59 Å². The number of benzene rings is 3. The van der Waals surface area contributed by atoms with Crippen LogP contribution in [0, 0.1) is 6.92 Å². The third-order valence-electron chi connectivity index (χ3n) is 5.73. The fourth-order valence-electron chi connectivity index (χ4n) is 4.13. The molecule has 0 bridgehead atoms. The Kier molecular flexibility index (Phi) is 5.04.